The van der Waals surface area contributed by atoms with Crippen molar-refractivity contribution in [2.75, 3.05) is 5.32 Å². The molecule has 0 bridgehead atoms. The zero-order valence-corrected chi connectivity index (χ0v) is 12.7. The first-order valence-electron chi connectivity index (χ1n) is 6.29. The van der Waals surface area contributed by atoms with Crippen molar-refractivity contribution in [2.45, 2.75) is 0 Å². The number of aromatic nitrogens is 2. The van der Waals surface area contributed by atoms with Crippen LogP contribution >= 0.6 is 22.9 Å². The molecule has 2 aromatic carbocycles. The third-order valence-corrected chi connectivity index (χ3v) is 4.03. The van der Waals surface area contributed by atoms with Crippen molar-refractivity contribution in [1.82, 2.24) is 10.2 Å². The Morgan fingerprint density at radius 3 is 2.64 bits per heavy atom. The maximum Gasteiger partial charge on any atom is 0.257 e. The van der Waals surface area contributed by atoms with Crippen molar-refractivity contribution in [3.05, 3.63) is 64.9 Å². The molecule has 4 nitrogen and oxygen atoms in total. The van der Waals surface area contributed by atoms with Crippen LogP contribution in [0, 0.1) is 5.82 Å². The van der Waals surface area contributed by atoms with Gasteiger partial charge in [-0.15, -0.1) is 10.2 Å². The standard InChI is InChI=1S/C15H9ClFN3OS/c16-11-8-10(6-7-12(11)17)13(21)18-15-20-19-14(22-15)9-4-2-1-3-5-9/h1-8H,(H,18,20,21). The summed E-state index contributed by atoms with van der Waals surface area (Å²) in [7, 11) is 0. The van der Waals surface area contributed by atoms with Crippen LogP contribution in [0.4, 0.5) is 9.52 Å². The van der Waals surface area contributed by atoms with E-state index in [0.29, 0.717) is 10.1 Å². The van der Waals surface area contributed by atoms with Crippen molar-refractivity contribution < 1.29 is 9.18 Å². The highest BCUT2D eigenvalue weighted by atomic mass is 35.5. The fourth-order valence-corrected chi connectivity index (χ4v) is 2.70. The number of carbonyl (C=O) groups is 1. The number of nitrogens with zero attached hydrogens (tertiary/aromatic N) is 2. The van der Waals surface area contributed by atoms with Gasteiger partial charge in [0, 0.05) is 11.1 Å². The summed E-state index contributed by atoms with van der Waals surface area (Å²) in [6.45, 7) is 0. The number of benzene rings is 2. The number of carbonyl (C=O) groups excluding carboxylic acids is 1. The summed E-state index contributed by atoms with van der Waals surface area (Å²) in [5, 5.41) is 11.5. The van der Waals surface area contributed by atoms with E-state index < -0.39 is 11.7 Å². The molecule has 110 valence electrons. The lowest BCUT2D eigenvalue weighted by Gasteiger charge is -2.02. The second-order valence-electron chi connectivity index (χ2n) is 4.36. The van der Waals surface area contributed by atoms with Crippen LogP contribution in [0.2, 0.25) is 5.02 Å². The van der Waals surface area contributed by atoms with Crippen LogP contribution < -0.4 is 5.32 Å². The predicted octanol–water partition coefficient (Wildman–Crippen LogP) is 4.25. The van der Waals surface area contributed by atoms with Crippen molar-refractivity contribution in [3.8, 4) is 10.6 Å². The van der Waals surface area contributed by atoms with Crippen molar-refractivity contribution in [1.29, 1.82) is 0 Å². The SMILES string of the molecule is O=C(Nc1nnc(-c2ccccc2)s1)c1ccc(F)c(Cl)c1. The highest BCUT2D eigenvalue weighted by Crippen LogP contribution is 2.26. The molecule has 0 aliphatic rings. The predicted molar refractivity (Wildman–Crippen MR) is 84.7 cm³/mol. The van der Waals surface area contributed by atoms with E-state index in [-0.39, 0.29) is 10.6 Å². The largest absolute Gasteiger partial charge is 0.296 e. The van der Waals surface area contributed by atoms with Gasteiger partial charge in [-0.25, -0.2) is 4.39 Å². The first-order chi connectivity index (χ1) is 10.6. The summed E-state index contributed by atoms with van der Waals surface area (Å²) in [4.78, 5) is 12.1. The fourth-order valence-electron chi connectivity index (χ4n) is 1.78. The van der Waals surface area contributed by atoms with Crippen LogP contribution in [0.3, 0.4) is 0 Å². The lowest BCUT2D eigenvalue weighted by molar-refractivity contribution is 0.102. The van der Waals surface area contributed by atoms with Gasteiger partial charge in [0.25, 0.3) is 5.91 Å². The molecule has 1 heterocycles. The van der Waals surface area contributed by atoms with E-state index in [1.807, 2.05) is 30.3 Å². The Morgan fingerprint density at radius 1 is 1.14 bits per heavy atom. The van der Waals surface area contributed by atoms with Gasteiger partial charge >= 0.3 is 0 Å². The van der Waals surface area contributed by atoms with Gasteiger partial charge in [-0.2, -0.15) is 0 Å². The lowest BCUT2D eigenvalue weighted by atomic mass is 10.2. The average Bonchev–Trinajstić information content (AvgIpc) is 2.99. The van der Waals surface area contributed by atoms with Crippen molar-refractivity contribution in [3.63, 3.8) is 0 Å². The third kappa shape index (κ3) is 3.13. The van der Waals surface area contributed by atoms with E-state index in [1.54, 1.807) is 0 Å². The summed E-state index contributed by atoms with van der Waals surface area (Å²) in [6, 6.07) is 13.3. The maximum absolute atomic E-state index is 13.1. The Hall–Kier alpha value is -2.31. The van der Waals surface area contributed by atoms with Gasteiger partial charge < -0.3 is 0 Å². The fraction of sp³-hybridized carbons (Fsp3) is 0. The molecule has 1 N–H and O–H groups in total. The molecule has 0 atom stereocenters. The van der Waals surface area contributed by atoms with Gasteiger partial charge in [0.05, 0.1) is 5.02 Å². The molecule has 22 heavy (non-hydrogen) atoms. The molecule has 1 amide bonds. The molecule has 7 heteroatoms. The Kier molecular flexibility index (Phi) is 4.13. The molecule has 0 unspecified atom stereocenters. The number of nitrogens with one attached hydrogen (secondary N) is 1. The smallest absolute Gasteiger partial charge is 0.257 e. The number of rotatable bonds is 3. The molecule has 3 rings (SSSR count). The van der Waals surface area contributed by atoms with E-state index in [0.717, 1.165) is 11.6 Å². The van der Waals surface area contributed by atoms with Gasteiger partial charge in [0.1, 0.15) is 10.8 Å². The van der Waals surface area contributed by atoms with E-state index in [2.05, 4.69) is 15.5 Å². The minimum absolute atomic E-state index is 0.102. The summed E-state index contributed by atoms with van der Waals surface area (Å²) in [5.41, 5.74) is 1.17. The lowest BCUT2D eigenvalue weighted by Crippen LogP contribution is -2.11. The van der Waals surface area contributed by atoms with Gasteiger partial charge in [0.2, 0.25) is 5.13 Å². The Balaban J connectivity index is 1.77. The van der Waals surface area contributed by atoms with E-state index in [9.17, 15) is 9.18 Å². The van der Waals surface area contributed by atoms with Crippen LogP contribution in [-0.4, -0.2) is 16.1 Å². The van der Waals surface area contributed by atoms with Crippen LogP contribution in [-0.2, 0) is 0 Å². The number of halogens is 2. The first kappa shape index (κ1) is 14.6. The summed E-state index contributed by atoms with van der Waals surface area (Å²) in [5.74, 6) is -0.988. The normalized spacial score (nSPS) is 10.5. The molecule has 0 radical (unpaired) electrons. The average molecular weight is 334 g/mol. The molecule has 0 saturated heterocycles. The first-order valence-corrected chi connectivity index (χ1v) is 7.48. The Morgan fingerprint density at radius 2 is 1.91 bits per heavy atom. The zero-order valence-electron chi connectivity index (χ0n) is 11.1. The summed E-state index contributed by atoms with van der Waals surface area (Å²) in [6.07, 6.45) is 0. The molecule has 0 saturated carbocycles. The number of anilines is 1. The van der Waals surface area contributed by atoms with E-state index in [1.165, 1.54) is 23.5 Å². The number of amides is 1. The topological polar surface area (TPSA) is 54.9 Å². The number of hydrogen-bond donors (Lipinski definition) is 1. The van der Waals surface area contributed by atoms with E-state index >= 15 is 0 Å². The molecular weight excluding hydrogens is 325 g/mol. The minimum atomic E-state index is -0.569. The quantitative estimate of drug-likeness (QED) is 0.779. The molecule has 0 fully saturated rings. The van der Waals surface area contributed by atoms with Crippen LogP contribution in [0.5, 0.6) is 0 Å². The molecule has 1 aromatic heterocycles. The number of hydrogen-bond acceptors (Lipinski definition) is 4. The van der Waals surface area contributed by atoms with Gasteiger partial charge in [-0.3, -0.25) is 10.1 Å². The minimum Gasteiger partial charge on any atom is -0.296 e. The summed E-state index contributed by atoms with van der Waals surface area (Å²) < 4.78 is 13.1. The van der Waals surface area contributed by atoms with Crippen LogP contribution in [0.15, 0.2) is 48.5 Å². The van der Waals surface area contributed by atoms with Crippen molar-refractivity contribution in [2.24, 2.45) is 0 Å². The second-order valence-corrected chi connectivity index (χ2v) is 5.75. The third-order valence-electron chi connectivity index (χ3n) is 2.85. The monoisotopic (exact) mass is 333 g/mol. The van der Waals surface area contributed by atoms with Gasteiger partial charge in [0.15, 0.2) is 0 Å². The van der Waals surface area contributed by atoms with E-state index in [4.69, 9.17) is 11.6 Å². The molecule has 3 aromatic rings. The Bertz CT molecular complexity index is 823. The Labute approximate surface area is 134 Å². The van der Waals surface area contributed by atoms with Crippen molar-refractivity contribution >= 4 is 34.0 Å². The second kappa shape index (κ2) is 6.21. The molecule has 0 aliphatic heterocycles. The highest BCUT2D eigenvalue weighted by molar-refractivity contribution is 7.18. The van der Waals surface area contributed by atoms with Gasteiger partial charge in [-0.05, 0) is 18.2 Å². The maximum atomic E-state index is 13.1. The van der Waals surface area contributed by atoms with Crippen LogP contribution in [0.25, 0.3) is 10.6 Å². The van der Waals surface area contributed by atoms with Gasteiger partial charge in [-0.1, -0.05) is 53.3 Å². The zero-order chi connectivity index (χ0) is 15.5. The summed E-state index contributed by atoms with van der Waals surface area (Å²) >= 11 is 6.92. The van der Waals surface area contributed by atoms with Crippen LogP contribution in [0.1, 0.15) is 10.4 Å². The molecule has 0 spiro atoms. The molecule has 0 aliphatic carbocycles. The molecular formula is C15H9ClFN3OS. The highest BCUT2D eigenvalue weighted by Gasteiger charge is 2.12.